The van der Waals surface area contributed by atoms with Gasteiger partial charge in [-0.05, 0) is 24.9 Å². The summed E-state index contributed by atoms with van der Waals surface area (Å²) in [6.45, 7) is 11.5. The molecule has 1 atom stereocenters. The molecule has 1 unspecified atom stereocenters. The van der Waals surface area contributed by atoms with Crippen LogP contribution in [0.3, 0.4) is 0 Å². The van der Waals surface area contributed by atoms with Crippen LogP contribution in [0.4, 0.5) is 0 Å². The second kappa shape index (κ2) is 7.60. The Kier molecular flexibility index (Phi) is 7.58. The topological polar surface area (TPSA) is 12.0 Å². The maximum Gasteiger partial charge on any atom is -0.00206 e. The Hall–Kier alpha value is -0.0400. The van der Waals surface area contributed by atoms with E-state index in [1.54, 1.807) is 0 Å². The summed E-state index contributed by atoms with van der Waals surface area (Å²) in [5.41, 5.74) is 0. The van der Waals surface area contributed by atoms with Gasteiger partial charge in [-0.3, -0.25) is 0 Å². The SMILES string of the molecule is CCC(C)CNCC(CC)CC. The van der Waals surface area contributed by atoms with Crippen LogP contribution in [0.1, 0.15) is 47.0 Å². The van der Waals surface area contributed by atoms with E-state index in [1.165, 1.54) is 32.4 Å². The molecule has 1 nitrogen and oxygen atoms in total. The fraction of sp³-hybridized carbons (Fsp3) is 1.00. The zero-order chi connectivity index (χ0) is 9.40. The maximum absolute atomic E-state index is 3.54. The molecule has 0 saturated carbocycles. The van der Waals surface area contributed by atoms with Gasteiger partial charge in [0, 0.05) is 0 Å². The molecule has 0 amide bonds. The summed E-state index contributed by atoms with van der Waals surface area (Å²) in [5.74, 6) is 1.72. The van der Waals surface area contributed by atoms with Gasteiger partial charge in [0.25, 0.3) is 0 Å². The molecular weight excluding hydrogens is 146 g/mol. The molecule has 74 valence electrons. The largest absolute Gasteiger partial charge is 0.316 e. The molecule has 0 aliphatic rings. The molecule has 12 heavy (non-hydrogen) atoms. The van der Waals surface area contributed by atoms with E-state index in [9.17, 15) is 0 Å². The predicted octanol–water partition coefficient (Wildman–Crippen LogP) is 3.06. The predicted molar refractivity (Wildman–Crippen MR) is 56.4 cm³/mol. The molecule has 0 radical (unpaired) electrons. The van der Waals surface area contributed by atoms with Gasteiger partial charge in [0.05, 0.1) is 0 Å². The van der Waals surface area contributed by atoms with Gasteiger partial charge in [-0.2, -0.15) is 0 Å². The summed E-state index contributed by atoms with van der Waals surface area (Å²) in [6, 6.07) is 0. The lowest BCUT2D eigenvalue weighted by molar-refractivity contribution is 0.416. The third-order valence-electron chi connectivity index (χ3n) is 2.78. The summed E-state index contributed by atoms with van der Waals surface area (Å²) in [6.07, 6.45) is 3.91. The first-order valence-electron chi connectivity index (χ1n) is 5.45. The second-order valence-electron chi connectivity index (χ2n) is 3.85. The summed E-state index contributed by atoms with van der Waals surface area (Å²) in [7, 11) is 0. The zero-order valence-electron chi connectivity index (χ0n) is 9.19. The molecular formula is C11H25N. The molecule has 0 fully saturated rings. The van der Waals surface area contributed by atoms with Crippen molar-refractivity contribution in [1.82, 2.24) is 5.32 Å². The fourth-order valence-electron chi connectivity index (χ4n) is 1.26. The van der Waals surface area contributed by atoms with Crippen LogP contribution in [0.5, 0.6) is 0 Å². The van der Waals surface area contributed by atoms with Crippen LogP contribution in [0.25, 0.3) is 0 Å². The molecule has 1 N–H and O–H groups in total. The van der Waals surface area contributed by atoms with E-state index in [0.717, 1.165) is 11.8 Å². The van der Waals surface area contributed by atoms with Crippen LogP contribution in [0.15, 0.2) is 0 Å². The summed E-state index contributed by atoms with van der Waals surface area (Å²) in [4.78, 5) is 0. The van der Waals surface area contributed by atoms with Crippen molar-refractivity contribution < 1.29 is 0 Å². The lowest BCUT2D eigenvalue weighted by Crippen LogP contribution is -2.26. The van der Waals surface area contributed by atoms with E-state index in [1.807, 2.05) is 0 Å². The van der Waals surface area contributed by atoms with Crippen molar-refractivity contribution in [3.8, 4) is 0 Å². The van der Waals surface area contributed by atoms with Crippen LogP contribution in [0, 0.1) is 11.8 Å². The fourth-order valence-corrected chi connectivity index (χ4v) is 1.26. The van der Waals surface area contributed by atoms with Crippen molar-refractivity contribution in [2.45, 2.75) is 47.0 Å². The molecule has 0 spiro atoms. The Balaban J connectivity index is 3.28. The summed E-state index contributed by atoms with van der Waals surface area (Å²) in [5, 5.41) is 3.54. The average molecular weight is 171 g/mol. The first kappa shape index (κ1) is 12.0. The summed E-state index contributed by atoms with van der Waals surface area (Å²) >= 11 is 0. The van der Waals surface area contributed by atoms with Gasteiger partial charge in [0.1, 0.15) is 0 Å². The van der Waals surface area contributed by atoms with Gasteiger partial charge in [0.15, 0.2) is 0 Å². The van der Waals surface area contributed by atoms with Crippen LogP contribution in [-0.4, -0.2) is 13.1 Å². The van der Waals surface area contributed by atoms with Crippen molar-refractivity contribution >= 4 is 0 Å². The lowest BCUT2D eigenvalue weighted by atomic mass is 10.0. The second-order valence-corrected chi connectivity index (χ2v) is 3.85. The highest BCUT2D eigenvalue weighted by Crippen LogP contribution is 2.05. The number of rotatable bonds is 7. The van der Waals surface area contributed by atoms with Crippen LogP contribution < -0.4 is 5.32 Å². The first-order valence-corrected chi connectivity index (χ1v) is 5.45. The molecule has 0 heterocycles. The van der Waals surface area contributed by atoms with Crippen LogP contribution in [0.2, 0.25) is 0 Å². The molecule has 0 saturated heterocycles. The Labute approximate surface area is 77.9 Å². The molecule has 0 aromatic rings. The van der Waals surface area contributed by atoms with E-state index < -0.39 is 0 Å². The molecule has 0 bridgehead atoms. The minimum atomic E-state index is 0.833. The van der Waals surface area contributed by atoms with Crippen molar-refractivity contribution in [1.29, 1.82) is 0 Å². The number of nitrogens with one attached hydrogen (secondary N) is 1. The molecule has 0 aromatic heterocycles. The quantitative estimate of drug-likeness (QED) is 0.621. The monoisotopic (exact) mass is 171 g/mol. The molecule has 0 aliphatic heterocycles. The molecule has 1 heteroatoms. The highest BCUT2D eigenvalue weighted by molar-refractivity contribution is 4.60. The Morgan fingerprint density at radius 3 is 1.92 bits per heavy atom. The minimum Gasteiger partial charge on any atom is -0.316 e. The Morgan fingerprint density at radius 1 is 0.917 bits per heavy atom. The standard InChI is InChI=1S/C11H25N/c1-5-10(4)8-12-9-11(6-2)7-3/h10-12H,5-9H2,1-4H3. The normalized spacial score (nSPS) is 13.8. The van der Waals surface area contributed by atoms with E-state index in [2.05, 4.69) is 33.0 Å². The smallest absolute Gasteiger partial charge is 0.00206 e. The van der Waals surface area contributed by atoms with Gasteiger partial charge in [-0.15, -0.1) is 0 Å². The third-order valence-corrected chi connectivity index (χ3v) is 2.78. The van der Waals surface area contributed by atoms with Gasteiger partial charge >= 0.3 is 0 Å². The van der Waals surface area contributed by atoms with Crippen LogP contribution in [-0.2, 0) is 0 Å². The van der Waals surface area contributed by atoms with Crippen molar-refractivity contribution in [3.05, 3.63) is 0 Å². The Bertz CT molecular complexity index is 87.0. The van der Waals surface area contributed by atoms with E-state index in [-0.39, 0.29) is 0 Å². The highest BCUT2D eigenvalue weighted by Gasteiger charge is 2.03. The first-order chi connectivity index (χ1) is 5.74. The third kappa shape index (κ3) is 5.59. The minimum absolute atomic E-state index is 0.833. The van der Waals surface area contributed by atoms with Gasteiger partial charge in [-0.25, -0.2) is 0 Å². The van der Waals surface area contributed by atoms with Crippen molar-refractivity contribution in [3.63, 3.8) is 0 Å². The Morgan fingerprint density at radius 2 is 1.50 bits per heavy atom. The average Bonchev–Trinajstić information content (AvgIpc) is 2.12. The maximum atomic E-state index is 3.54. The van der Waals surface area contributed by atoms with Crippen molar-refractivity contribution in [2.24, 2.45) is 11.8 Å². The van der Waals surface area contributed by atoms with Gasteiger partial charge in [-0.1, -0.05) is 47.0 Å². The zero-order valence-corrected chi connectivity index (χ0v) is 9.19. The highest BCUT2D eigenvalue weighted by atomic mass is 14.9. The van der Waals surface area contributed by atoms with Gasteiger partial charge in [0.2, 0.25) is 0 Å². The van der Waals surface area contributed by atoms with Gasteiger partial charge < -0.3 is 5.32 Å². The lowest BCUT2D eigenvalue weighted by Gasteiger charge is -2.15. The number of hydrogen-bond donors (Lipinski definition) is 1. The molecule has 0 aromatic carbocycles. The van der Waals surface area contributed by atoms with E-state index in [0.29, 0.717) is 0 Å². The van der Waals surface area contributed by atoms with Crippen molar-refractivity contribution in [2.75, 3.05) is 13.1 Å². The molecule has 0 aliphatic carbocycles. The number of hydrogen-bond acceptors (Lipinski definition) is 1. The summed E-state index contributed by atoms with van der Waals surface area (Å²) < 4.78 is 0. The van der Waals surface area contributed by atoms with E-state index >= 15 is 0 Å². The van der Waals surface area contributed by atoms with Crippen LogP contribution >= 0.6 is 0 Å². The van der Waals surface area contributed by atoms with E-state index in [4.69, 9.17) is 0 Å². The molecule has 0 rings (SSSR count).